The summed E-state index contributed by atoms with van der Waals surface area (Å²) in [7, 11) is 0. The molecule has 0 unspecified atom stereocenters. The second-order valence-electron chi connectivity index (χ2n) is 10.3. The van der Waals surface area contributed by atoms with E-state index in [0.717, 1.165) is 44.1 Å². The zero-order chi connectivity index (χ0) is 17.8. The van der Waals surface area contributed by atoms with Crippen LogP contribution in [0.15, 0.2) is 11.6 Å². The van der Waals surface area contributed by atoms with Gasteiger partial charge in [-0.1, -0.05) is 39.3 Å². The van der Waals surface area contributed by atoms with Gasteiger partial charge in [0, 0.05) is 18.4 Å². The second kappa shape index (κ2) is 6.22. The van der Waals surface area contributed by atoms with Crippen molar-refractivity contribution in [1.29, 1.82) is 0 Å². The Morgan fingerprint density at radius 1 is 1.12 bits per heavy atom. The predicted molar refractivity (Wildman–Crippen MR) is 101 cm³/mol. The number of hydrogen-bond acceptors (Lipinski definition) is 2. The van der Waals surface area contributed by atoms with Crippen molar-refractivity contribution in [2.75, 3.05) is 6.61 Å². The monoisotopic (exact) mass is 344 g/mol. The molecule has 0 bridgehead atoms. The molecular weight excluding hydrogens is 308 g/mol. The minimum absolute atomic E-state index is 0.000444. The van der Waals surface area contributed by atoms with E-state index in [-0.39, 0.29) is 5.41 Å². The van der Waals surface area contributed by atoms with Crippen LogP contribution < -0.4 is 0 Å². The Morgan fingerprint density at radius 3 is 2.60 bits per heavy atom. The highest BCUT2D eigenvalue weighted by atomic mass is 16.5. The van der Waals surface area contributed by atoms with E-state index in [1.165, 1.54) is 25.7 Å². The lowest BCUT2D eigenvalue weighted by atomic mass is 9.48. The molecule has 0 N–H and O–H groups in total. The lowest BCUT2D eigenvalue weighted by Gasteiger charge is -2.57. The molecule has 2 heteroatoms. The van der Waals surface area contributed by atoms with Crippen LogP contribution in [0.4, 0.5) is 0 Å². The first-order chi connectivity index (χ1) is 11.8. The molecule has 25 heavy (non-hydrogen) atoms. The summed E-state index contributed by atoms with van der Waals surface area (Å²) in [5.74, 6) is 3.36. The third-order valence-electron chi connectivity index (χ3n) is 8.43. The Labute approximate surface area is 153 Å². The quantitative estimate of drug-likeness (QED) is 0.627. The van der Waals surface area contributed by atoms with Gasteiger partial charge in [0.05, 0.1) is 6.10 Å². The Kier molecular flexibility index (Phi) is 4.42. The maximum absolute atomic E-state index is 12.5. The molecule has 0 amide bonds. The van der Waals surface area contributed by atoms with Gasteiger partial charge in [0.15, 0.2) is 0 Å². The maximum Gasteiger partial charge on any atom is 0.139 e. The van der Waals surface area contributed by atoms with Gasteiger partial charge >= 0.3 is 0 Å². The van der Waals surface area contributed by atoms with Gasteiger partial charge in [-0.2, -0.15) is 0 Å². The van der Waals surface area contributed by atoms with E-state index in [1.54, 1.807) is 5.57 Å². The van der Waals surface area contributed by atoms with Crippen molar-refractivity contribution in [2.45, 2.75) is 85.2 Å². The molecule has 4 aliphatic rings. The molecule has 140 valence electrons. The van der Waals surface area contributed by atoms with E-state index in [4.69, 9.17) is 4.74 Å². The number of carbonyl (C=O) groups excluding carboxylic acids is 1. The first-order valence-corrected chi connectivity index (χ1v) is 10.7. The van der Waals surface area contributed by atoms with Crippen molar-refractivity contribution in [3.63, 3.8) is 0 Å². The smallest absolute Gasteiger partial charge is 0.139 e. The average molecular weight is 345 g/mol. The molecule has 6 atom stereocenters. The summed E-state index contributed by atoms with van der Waals surface area (Å²) in [6.45, 7) is 10.2. The molecule has 0 spiro atoms. The summed E-state index contributed by atoms with van der Waals surface area (Å²) < 4.78 is 6.19. The molecule has 0 aromatic heterocycles. The molecule has 0 aromatic carbocycles. The van der Waals surface area contributed by atoms with Gasteiger partial charge < -0.3 is 4.74 Å². The third kappa shape index (κ3) is 2.74. The first kappa shape index (κ1) is 17.8. The van der Waals surface area contributed by atoms with Crippen LogP contribution in [0.1, 0.15) is 79.1 Å². The van der Waals surface area contributed by atoms with Gasteiger partial charge in [-0.05, 0) is 74.0 Å². The lowest BCUT2D eigenvalue weighted by Crippen LogP contribution is -2.50. The van der Waals surface area contributed by atoms with Crippen LogP contribution in [0, 0.1) is 34.5 Å². The number of fused-ring (bicyclic) bond motifs is 5. The molecular formula is C23H36O2. The highest BCUT2D eigenvalue weighted by molar-refractivity contribution is 5.87. The highest BCUT2D eigenvalue weighted by Crippen LogP contribution is 2.64. The van der Waals surface area contributed by atoms with E-state index < -0.39 is 0 Å². The number of ketones is 1. The Balaban J connectivity index is 1.53. The van der Waals surface area contributed by atoms with Crippen LogP contribution in [0.25, 0.3) is 0 Å². The Hall–Kier alpha value is -0.630. The summed E-state index contributed by atoms with van der Waals surface area (Å²) in [6, 6.07) is 0. The second-order valence-corrected chi connectivity index (χ2v) is 10.3. The minimum Gasteiger partial charge on any atom is -0.378 e. The average Bonchev–Trinajstić information content (AvgIpc) is 2.88. The molecule has 0 radical (unpaired) electrons. The molecule has 3 fully saturated rings. The highest BCUT2D eigenvalue weighted by Gasteiger charge is 2.58. The Morgan fingerprint density at radius 2 is 1.84 bits per heavy atom. The summed E-state index contributed by atoms with van der Waals surface area (Å²) in [5, 5.41) is 0. The van der Waals surface area contributed by atoms with E-state index in [9.17, 15) is 4.79 Å². The van der Waals surface area contributed by atoms with Crippen LogP contribution in [-0.4, -0.2) is 18.5 Å². The molecule has 0 aliphatic heterocycles. The molecule has 0 heterocycles. The van der Waals surface area contributed by atoms with E-state index in [0.29, 0.717) is 29.1 Å². The van der Waals surface area contributed by atoms with Crippen molar-refractivity contribution < 1.29 is 9.53 Å². The van der Waals surface area contributed by atoms with Crippen molar-refractivity contribution in [3.8, 4) is 0 Å². The fourth-order valence-electron chi connectivity index (χ4n) is 6.87. The van der Waals surface area contributed by atoms with Gasteiger partial charge in [0.1, 0.15) is 5.78 Å². The van der Waals surface area contributed by atoms with Crippen LogP contribution in [-0.2, 0) is 9.53 Å². The minimum atomic E-state index is 0.000444. The summed E-state index contributed by atoms with van der Waals surface area (Å²) in [5.41, 5.74) is 2.05. The molecule has 2 nitrogen and oxygen atoms in total. The first-order valence-electron chi connectivity index (χ1n) is 10.7. The number of carbonyl (C=O) groups is 1. The normalized spacial score (nSPS) is 46.4. The molecule has 4 aliphatic carbocycles. The van der Waals surface area contributed by atoms with E-state index >= 15 is 0 Å². The van der Waals surface area contributed by atoms with Crippen molar-refractivity contribution in [2.24, 2.45) is 34.5 Å². The van der Waals surface area contributed by atoms with E-state index in [1.807, 2.05) is 0 Å². The third-order valence-corrected chi connectivity index (χ3v) is 8.43. The van der Waals surface area contributed by atoms with Crippen LogP contribution in [0.5, 0.6) is 0 Å². The van der Waals surface area contributed by atoms with Crippen LogP contribution >= 0.6 is 0 Å². The maximum atomic E-state index is 12.5. The van der Waals surface area contributed by atoms with Crippen molar-refractivity contribution in [3.05, 3.63) is 11.6 Å². The molecule has 0 saturated heterocycles. The van der Waals surface area contributed by atoms with Crippen LogP contribution in [0.2, 0.25) is 0 Å². The van der Waals surface area contributed by atoms with Gasteiger partial charge in [0.25, 0.3) is 0 Å². The van der Waals surface area contributed by atoms with Gasteiger partial charge in [0.2, 0.25) is 0 Å². The number of hydrogen-bond donors (Lipinski definition) is 0. The topological polar surface area (TPSA) is 26.3 Å². The van der Waals surface area contributed by atoms with Crippen molar-refractivity contribution in [1.82, 2.24) is 0 Å². The fourth-order valence-corrected chi connectivity index (χ4v) is 6.87. The number of allylic oxidation sites excluding steroid dienone is 1. The number of ether oxygens (including phenoxy) is 1. The molecule has 0 aromatic rings. The predicted octanol–water partition coefficient (Wildman–Crippen LogP) is 5.56. The zero-order valence-electron chi connectivity index (χ0n) is 16.6. The summed E-state index contributed by atoms with van der Waals surface area (Å²) >= 11 is 0. The van der Waals surface area contributed by atoms with Crippen LogP contribution in [0.3, 0.4) is 0 Å². The van der Waals surface area contributed by atoms with Crippen molar-refractivity contribution >= 4 is 5.78 Å². The fraction of sp³-hybridized carbons (Fsp3) is 0.870. The molecule has 3 saturated carbocycles. The largest absolute Gasteiger partial charge is 0.378 e. The van der Waals surface area contributed by atoms with E-state index in [2.05, 4.69) is 33.8 Å². The molecule has 4 rings (SSSR count). The number of rotatable bonds is 3. The van der Waals surface area contributed by atoms with Gasteiger partial charge in [-0.15, -0.1) is 0 Å². The SMILES string of the molecule is CC(C)CO[C@H]1CC[C@@]2(C)C(=CC[C@@H]3[C@@H]2CC[C@]2(C)C(=O)CC[C@@H]32)C1. The zero-order valence-corrected chi connectivity index (χ0v) is 16.6. The standard InChI is InChI=1S/C23H36O2/c1-15(2)14-25-17-9-11-22(3)16(13-17)5-6-18-19-7-8-21(24)23(19,4)12-10-20(18)22/h5,15,17-20H,6-14H2,1-4H3/t17-,18-,19-,20-,22-,23-/m0/s1. The van der Waals surface area contributed by atoms with Gasteiger partial charge in [-0.3, -0.25) is 4.79 Å². The summed E-state index contributed by atoms with van der Waals surface area (Å²) in [6.07, 6.45) is 12.2. The Bertz CT molecular complexity index is 577. The number of Topliss-reactive ketones (excluding diaryl/α,β-unsaturated/α-hetero) is 1. The van der Waals surface area contributed by atoms with Gasteiger partial charge in [-0.25, -0.2) is 0 Å². The lowest BCUT2D eigenvalue weighted by molar-refractivity contribution is -0.132. The summed E-state index contributed by atoms with van der Waals surface area (Å²) in [4.78, 5) is 12.5.